The van der Waals surface area contributed by atoms with E-state index in [4.69, 9.17) is 19.9 Å². The van der Waals surface area contributed by atoms with Gasteiger partial charge in [-0.3, -0.25) is 9.20 Å². The molecule has 1 saturated heterocycles. The Balaban J connectivity index is 1.57. The number of nitrogens with two attached hydrogens (primary N) is 1. The highest BCUT2D eigenvalue weighted by molar-refractivity contribution is 5.85. The van der Waals surface area contributed by atoms with Gasteiger partial charge >= 0.3 is 6.09 Å². The fourth-order valence-electron chi connectivity index (χ4n) is 3.82. The minimum absolute atomic E-state index is 0.0943. The average molecular weight is 533 g/mol. The third-order valence-corrected chi connectivity index (χ3v) is 5.94. The maximum Gasteiger partial charge on any atom is 0.410 e. The van der Waals surface area contributed by atoms with Gasteiger partial charge in [0.1, 0.15) is 24.3 Å². The van der Waals surface area contributed by atoms with Gasteiger partial charge in [-0.15, -0.1) is 10.2 Å². The second-order valence-corrected chi connectivity index (χ2v) is 9.39. The van der Waals surface area contributed by atoms with Crippen LogP contribution < -0.4 is 11.1 Å². The molecule has 1 aromatic carbocycles. The van der Waals surface area contributed by atoms with Crippen LogP contribution in [0.15, 0.2) is 36.4 Å². The van der Waals surface area contributed by atoms with Crippen molar-refractivity contribution in [3.05, 3.63) is 65.1 Å². The Bertz CT molecular complexity index is 1270. The first kappa shape index (κ1) is 27.4. The lowest BCUT2D eigenvalue weighted by atomic mass is 10.1. The zero-order valence-electron chi connectivity index (χ0n) is 21.2. The summed E-state index contributed by atoms with van der Waals surface area (Å²) in [7, 11) is 0. The molecule has 0 saturated carbocycles. The van der Waals surface area contributed by atoms with Crippen LogP contribution in [0.1, 0.15) is 37.0 Å². The fraction of sp³-hybridized carbons (Fsp3) is 0.440. The maximum atomic E-state index is 14.1. The van der Waals surface area contributed by atoms with Crippen molar-refractivity contribution in [3.8, 4) is 0 Å². The Morgan fingerprint density at radius 1 is 1.11 bits per heavy atom. The Morgan fingerprint density at radius 3 is 2.47 bits per heavy atom. The molecule has 1 atom stereocenters. The molecule has 1 fully saturated rings. The number of fused-ring (bicyclic) bond motifs is 1. The van der Waals surface area contributed by atoms with Gasteiger partial charge in [0.25, 0.3) is 0 Å². The van der Waals surface area contributed by atoms with E-state index in [2.05, 4.69) is 15.5 Å². The van der Waals surface area contributed by atoms with Crippen molar-refractivity contribution in [1.29, 1.82) is 0 Å². The number of benzene rings is 1. The van der Waals surface area contributed by atoms with E-state index in [0.717, 1.165) is 12.1 Å². The van der Waals surface area contributed by atoms with E-state index in [-0.39, 0.29) is 31.2 Å². The minimum atomic E-state index is -1.23. The maximum absolute atomic E-state index is 14.1. The number of carbonyl (C=O) groups excluding carboxylic acids is 2. The predicted octanol–water partition coefficient (Wildman–Crippen LogP) is 2.09. The number of morpholine rings is 1. The zero-order valence-corrected chi connectivity index (χ0v) is 21.2. The number of hydrogen-bond acceptors (Lipinski definition) is 8. The number of hydrogen-bond donors (Lipinski definition) is 2. The SMILES string of the molecule is CC(C)(N)C(=O)N[C@H](COCc1c(F)cccc1F)c1nnc2cccc(COC(=O)N3CCOCC3)n12. The minimum Gasteiger partial charge on any atom is -0.443 e. The Hall–Kier alpha value is -3.68. The van der Waals surface area contributed by atoms with E-state index in [0.29, 0.717) is 37.6 Å². The number of rotatable bonds is 9. The molecule has 3 heterocycles. The van der Waals surface area contributed by atoms with Gasteiger partial charge in [0.05, 0.1) is 37.7 Å². The monoisotopic (exact) mass is 532 g/mol. The van der Waals surface area contributed by atoms with Crippen LogP contribution in [0.3, 0.4) is 0 Å². The molecule has 0 radical (unpaired) electrons. The topological polar surface area (TPSA) is 133 Å². The lowest BCUT2D eigenvalue weighted by Gasteiger charge is -2.26. The quantitative estimate of drug-likeness (QED) is 0.428. The van der Waals surface area contributed by atoms with Crippen molar-refractivity contribution in [3.63, 3.8) is 0 Å². The van der Waals surface area contributed by atoms with E-state index >= 15 is 0 Å². The van der Waals surface area contributed by atoms with Gasteiger partial charge in [-0.25, -0.2) is 13.6 Å². The van der Waals surface area contributed by atoms with E-state index < -0.39 is 35.2 Å². The Kier molecular flexibility index (Phi) is 8.49. The first-order chi connectivity index (χ1) is 18.1. The molecule has 3 N–H and O–H groups in total. The Labute approximate surface area is 217 Å². The van der Waals surface area contributed by atoms with Crippen molar-refractivity contribution in [2.45, 2.75) is 38.6 Å². The summed E-state index contributed by atoms with van der Waals surface area (Å²) in [4.78, 5) is 26.8. The van der Waals surface area contributed by atoms with Crippen molar-refractivity contribution >= 4 is 17.6 Å². The fourth-order valence-corrected chi connectivity index (χ4v) is 3.82. The van der Waals surface area contributed by atoms with Gasteiger partial charge < -0.3 is 30.2 Å². The molecule has 2 aromatic heterocycles. The van der Waals surface area contributed by atoms with Crippen LogP contribution in [0.2, 0.25) is 0 Å². The molecule has 13 heteroatoms. The average Bonchev–Trinajstić information content (AvgIpc) is 3.33. The molecule has 4 rings (SSSR count). The van der Waals surface area contributed by atoms with Crippen molar-refractivity contribution in [2.24, 2.45) is 5.73 Å². The zero-order chi connectivity index (χ0) is 27.3. The van der Waals surface area contributed by atoms with Crippen molar-refractivity contribution in [2.75, 3.05) is 32.9 Å². The highest BCUT2D eigenvalue weighted by atomic mass is 19.1. The summed E-state index contributed by atoms with van der Waals surface area (Å²) in [6.45, 7) is 4.15. The first-order valence-corrected chi connectivity index (χ1v) is 12.1. The van der Waals surface area contributed by atoms with Gasteiger partial charge in [-0.2, -0.15) is 0 Å². The van der Waals surface area contributed by atoms with Crippen molar-refractivity contribution in [1.82, 2.24) is 24.8 Å². The summed E-state index contributed by atoms with van der Waals surface area (Å²) in [5.41, 5.74) is 5.48. The number of ether oxygens (including phenoxy) is 3. The molecule has 1 aliphatic rings. The molecule has 3 aromatic rings. The molecule has 0 bridgehead atoms. The molecule has 38 heavy (non-hydrogen) atoms. The van der Waals surface area contributed by atoms with Crippen LogP contribution in [0.4, 0.5) is 13.6 Å². The summed E-state index contributed by atoms with van der Waals surface area (Å²) in [6.07, 6.45) is -0.482. The van der Waals surface area contributed by atoms with Gasteiger partial charge in [0.2, 0.25) is 5.91 Å². The number of pyridine rings is 1. The van der Waals surface area contributed by atoms with Crippen LogP contribution in [0, 0.1) is 11.6 Å². The smallest absolute Gasteiger partial charge is 0.410 e. The van der Waals surface area contributed by atoms with Crippen LogP contribution in [0.25, 0.3) is 5.65 Å². The number of halogens is 2. The standard InChI is InChI=1S/C25H30F2N6O5/c1-25(2,28)23(34)29-20(15-37-14-17-18(26)6-4-7-19(17)27)22-31-30-21-8-3-5-16(33(21)22)13-38-24(35)32-9-11-36-12-10-32/h3-8,20H,9-15,28H2,1-2H3,(H,29,34)/t20-/m1/s1. The largest absolute Gasteiger partial charge is 0.443 e. The summed E-state index contributed by atoms with van der Waals surface area (Å²) < 4.78 is 46.2. The normalized spacial score (nSPS) is 14.9. The number of aromatic nitrogens is 3. The highest BCUT2D eigenvalue weighted by Crippen LogP contribution is 2.20. The lowest BCUT2D eigenvalue weighted by molar-refractivity contribution is -0.126. The number of amides is 2. The molecule has 1 aliphatic heterocycles. The third kappa shape index (κ3) is 6.41. The van der Waals surface area contributed by atoms with E-state index in [1.165, 1.54) is 19.9 Å². The number of nitrogens with one attached hydrogen (secondary N) is 1. The molecular formula is C25H30F2N6O5. The number of nitrogens with zero attached hydrogens (tertiary/aromatic N) is 4. The van der Waals surface area contributed by atoms with Gasteiger partial charge in [-0.05, 0) is 38.1 Å². The molecule has 0 unspecified atom stereocenters. The highest BCUT2D eigenvalue weighted by Gasteiger charge is 2.29. The lowest BCUT2D eigenvalue weighted by Crippen LogP contribution is -2.51. The molecule has 0 spiro atoms. The Morgan fingerprint density at radius 2 is 1.79 bits per heavy atom. The summed E-state index contributed by atoms with van der Waals surface area (Å²) >= 11 is 0. The van der Waals surface area contributed by atoms with Gasteiger partial charge in [0.15, 0.2) is 11.5 Å². The van der Waals surface area contributed by atoms with E-state index in [1.807, 2.05) is 0 Å². The summed E-state index contributed by atoms with van der Waals surface area (Å²) in [5, 5.41) is 11.2. The molecule has 204 valence electrons. The molecule has 11 nitrogen and oxygen atoms in total. The van der Waals surface area contributed by atoms with Crippen LogP contribution in [0.5, 0.6) is 0 Å². The van der Waals surface area contributed by atoms with Gasteiger partial charge in [-0.1, -0.05) is 12.1 Å². The molecule has 0 aliphatic carbocycles. The van der Waals surface area contributed by atoms with Crippen LogP contribution in [-0.4, -0.2) is 69.9 Å². The van der Waals surface area contributed by atoms with Crippen molar-refractivity contribution < 1.29 is 32.6 Å². The summed E-state index contributed by atoms with van der Waals surface area (Å²) in [6, 6.07) is 7.80. The first-order valence-electron chi connectivity index (χ1n) is 12.1. The third-order valence-electron chi connectivity index (χ3n) is 5.94. The summed E-state index contributed by atoms with van der Waals surface area (Å²) in [5.74, 6) is -1.72. The molecule has 2 amide bonds. The number of carbonyl (C=O) groups is 2. The second kappa shape index (κ2) is 11.8. The van der Waals surface area contributed by atoms with E-state index in [1.54, 1.807) is 27.5 Å². The van der Waals surface area contributed by atoms with Gasteiger partial charge in [0, 0.05) is 18.7 Å². The van der Waals surface area contributed by atoms with Crippen LogP contribution in [-0.2, 0) is 32.2 Å². The van der Waals surface area contributed by atoms with E-state index in [9.17, 15) is 18.4 Å². The predicted molar refractivity (Wildman–Crippen MR) is 131 cm³/mol. The molecular weight excluding hydrogens is 502 g/mol. The van der Waals surface area contributed by atoms with Crippen LogP contribution >= 0.6 is 0 Å². The second-order valence-electron chi connectivity index (χ2n) is 9.39.